The van der Waals surface area contributed by atoms with Crippen LogP contribution in [0.25, 0.3) is 0 Å². The Morgan fingerprint density at radius 3 is 3.00 bits per heavy atom. The summed E-state index contributed by atoms with van der Waals surface area (Å²) in [5.41, 5.74) is 1.52. The third-order valence-electron chi connectivity index (χ3n) is 3.44. The first kappa shape index (κ1) is 16.1. The maximum Gasteiger partial charge on any atom is 0.238 e. The molecule has 5 nitrogen and oxygen atoms in total. The number of carbonyl (C=O) groups is 1. The number of anilines is 1. The third-order valence-corrected chi connectivity index (χ3v) is 3.84. The highest BCUT2D eigenvalue weighted by atomic mass is 35.5. The molecule has 1 aromatic carbocycles. The van der Waals surface area contributed by atoms with Crippen molar-refractivity contribution in [1.29, 1.82) is 0 Å². The summed E-state index contributed by atoms with van der Waals surface area (Å²) in [7, 11) is 1.55. The summed E-state index contributed by atoms with van der Waals surface area (Å²) in [5.74, 6) is 0.436. The molecule has 2 rings (SSSR count). The van der Waals surface area contributed by atoms with Gasteiger partial charge < -0.3 is 20.1 Å². The van der Waals surface area contributed by atoms with Crippen molar-refractivity contribution in [3.8, 4) is 5.75 Å². The summed E-state index contributed by atoms with van der Waals surface area (Å²) in [6.07, 6.45) is 2.38. The zero-order chi connectivity index (χ0) is 15.2. The largest absolute Gasteiger partial charge is 0.495 e. The SMILES string of the molecule is COc1cc(Cl)c(C)cc1NC(=O)CNCC1CCCO1. The second-order valence-electron chi connectivity index (χ2n) is 5.12. The highest BCUT2D eigenvalue weighted by molar-refractivity contribution is 6.31. The van der Waals surface area contributed by atoms with Gasteiger partial charge in [-0.3, -0.25) is 4.79 Å². The first-order valence-corrected chi connectivity index (χ1v) is 7.44. The number of rotatable bonds is 6. The predicted octanol–water partition coefficient (Wildman–Crippen LogP) is 2.36. The Kier molecular flexibility index (Phi) is 5.85. The number of ether oxygens (including phenoxy) is 2. The molecule has 1 aliphatic rings. The summed E-state index contributed by atoms with van der Waals surface area (Å²) in [4.78, 5) is 11.9. The van der Waals surface area contributed by atoms with E-state index in [4.69, 9.17) is 21.1 Å². The Balaban J connectivity index is 1.85. The maximum absolute atomic E-state index is 11.9. The molecule has 0 spiro atoms. The lowest BCUT2D eigenvalue weighted by atomic mass is 10.2. The van der Waals surface area contributed by atoms with Crippen LogP contribution in [0.2, 0.25) is 5.02 Å². The van der Waals surface area contributed by atoms with Crippen LogP contribution in [0, 0.1) is 6.92 Å². The van der Waals surface area contributed by atoms with Crippen molar-refractivity contribution in [3.05, 3.63) is 22.7 Å². The normalized spacial score (nSPS) is 17.8. The molecule has 1 fully saturated rings. The van der Waals surface area contributed by atoms with E-state index in [1.165, 1.54) is 0 Å². The molecule has 116 valence electrons. The minimum atomic E-state index is -0.118. The van der Waals surface area contributed by atoms with E-state index in [-0.39, 0.29) is 18.6 Å². The van der Waals surface area contributed by atoms with Crippen molar-refractivity contribution in [2.75, 3.05) is 32.1 Å². The van der Waals surface area contributed by atoms with Gasteiger partial charge in [-0.1, -0.05) is 11.6 Å². The topological polar surface area (TPSA) is 59.6 Å². The highest BCUT2D eigenvalue weighted by Crippen LogP contribution is 2.30. The molecule has 0 saturated carbocycles. The van der Waals surface area contributed by atoms with E-state index in [1.54, 1.807) is 19.2 Å². The molecule has 1 unspecified atom stereocenters. The molecule has 0 aromatic heterocycles. The van der Waals surface area contributed by atoms with E-state index in [0.717, 1.165) is 25.0 Å². The number of hydrogen-bond donors (Lipinski definition) is 2. The standard InChI is InChI=1S/C15H21ClN2O3/c1-10-6-13(14(20-2)7-12(10)16)18-15(19)9-17-8-11-4-3-5-21-11/h6-7,11,17H,3-5,8-9H2,1-2H3,(H,18,19). The summed E-state index contributed by atoms with van der Waals surface area (Å²) >= 11 is 6.04. The molecule has 1 aromatic rings. The summed E-state index contributed by atoms with van der Waals surface area (Å²) in [6.45, 7) is 3.64. The Labute approximate surface area is 130 Å². The number of carbonyl (C=O) groups excluding carboxylic acids is 1. The minimum Gasteiger partial charge on any atom is -0.495 e. The lowest BCUT2D eigenvalue weighted by Crippen LogP contribution is -2.33. The van der Waals surface area contributed by atoms with Crippen LogP contribution in [0.5, 0.6) is 5.75 Å². The average Bonchev–Trinajstić information content (AvgIpc) is 2.96. The predicted molar refractivity (Wildman–Crippen MR) is 83.2 cm³/mol. The fourth-order valence-electron chi connectivity index (χ4n) is 2.28. The number of nitrogens with one attached hydrogen (secondary N) is 2. The maximum atomic E-state index is 11.9. The number of amides is 1. The number of hydrogen-bond acceptors (Lipinski definition) is 4. The van der Waals surface area contributed by atoms with Crippen molar-refractivity contribution in [3.63, 3.8) is 0 Å². The van der Waals surface area contributed by atoms with Gasteiger partial charge >= 0.3 is 0 Å². The number of methoxy groups -OCH3 is 1. The van der Waals surface area contributed by atoms with Crippen LogP contribution >= 0.6 is 11.6 Å². The van der Waals surface area contributed by atoms with Gasteiger partial charge in [0.15, 0.2) is 0 Å². The van der Waals surface area contributed by atoms with E-state index in [0.29, 0.717) is 23.0 Å². The average molecular weight is 313 g/mol. The summed E-state index contributed by atoms with van der Waals surface area (Å²) in [5, 5.41) is 6.55. The van der Waals surface area contributed by atoms with E-state index in [1.807, 2.05) is 6.92 Å². The Morgan fingerprint density at radius 1 is 1.52 bits per heavy atom. The van der Waals surface area contributed by atoms with Crippen molar-refractivity contribution >= 4 is 23.2 Å². The van der Waals surface area contributed by atoms with Crippen molar-refractivity contribution < 1.29 is 14.3 Å². The number of halogens is 1. The second-order valence-corrected chi connectivity index (χ2v) is 5.52. The van der Waals surface area contributed by atoms with Gasteiger partial charge in [0.1, 0.15) is 5.75 Å². The Morgan fingerprint density at radius 2 is 2.33 bits per heavy atom. The van der Waals surface area contributed by atoms with E-state index in [2.05, 4.69) is 10.6 Å². The van der Waals surface area contributed by atoms with Crippen LogP contribution in [0.1, 0.15) is 18.4 Å². The van der Waals surface area contributed by atoms with Gasteiger partial charge in [-0.2, -0.15) is 0 Å². The van der Waals surface area contributed by atoms with Crippen LogP contribution in [0.3, 0.4) is 0 Å². The lowest BCUT2D eigenvalue weighted by Gasteiger charge is -2.13. The van der Waals surface area contributed by atoms with Gasteiger partial charge in [0.25, 0.3) is 0 Å². The van der Waals surface area contributed by atoms with Crippen LogP contribution in [-0.4, -0.2) is 38.8 Å². The van der Waals surface area contributed by atoms with Gasteiger partial charge in [0.05, 0.1) is 25.4 Å². The first-order valence-electron chi connectivity index (χ1n) is 7.06. The molecule has 1 amide bonds. The fraction of sp³-hybridized carbons (Fsp3) is 0.533. The molecule has 1 saturated heterocycles. The number of benzene rings is 1. The van der Waals surface area contributed by atoms with E-state index < -0.39 is 0 Å². The van der Waals surface area contributed by atoms with Crippen molar-refractivity contribution in [2.45, 2.75) is 25.9 Å². The van der Waals surface area contributed by atoms with Gasteiger partial charge in [-0.15, -0.1) is 0 Å². The highest BCUT2D eigenvalue weighted by Gasteiger charge is 2.15. The summed E-state index contributed by atoms with van der Waals surface area (Å²) < 4.78 is 10.7. The molecular formula is C15H21ClN2O3. The molecule has 6 heteroatoms. The molecule has 21 heavy (non-hydrogen) atoms. The van der Waals surface area contributed by atoms with Crippen LogP contribution in [0.15, 0.2) is 12.1 Å². The minimum absolute atomic E-state index is 0.118. The van der Waals surface area contributed by atoms with Gasteiger partial charge in [-0.25, -0.2) is 0 Å². The fourth-order valence-corrected chi connectivity index (χ4v) is 2.43. The lowest BCUT2D eigenvalue weighted by molar-refractivity contribution is -0.115. The number of aryl methyl sites for hydroxylation is 1. The Bertz CT molecular complexity index is 502. The third kappa shape index (κ3) is 4.59. The molecule has 0 aliphatic carbocycles. The van der Waals surface area contributed by atoms with E-state index >= 15 is 0 Å². The molecular weight excluding hydrogens is 292 g/mol. The van der Waals surface area contributed by atoms with Gasteiger partial charge in [-0.05, 0) is 31.4 Å². The van der Waals surface area contributed by atoms with Crippen molar-refractivity contribution in [1.82, 2.24) is 5.32 Å². The molecule has 1 heterocycles. The second kappa shape index (κ2) is 7.64. The first-order chi connectivity index (χ1) is 10.1. The molecule has 2 N–H and O–H groups in total. The summed E-state index contributed by atoms with van der Waals surface area (Å²) in [6, 6.07) is 3.51. The quantitative estimate of drug-likeness (QED) is 0.846. The van der Waals surface area contributed by atoms with Crippen molar-refractivity contribution in [2.24, 2.45) is 0 Å². The zero-order valence-electron chi connectivity index (χ0n) is 12.4. The van der Waals surface area contributed by atoms with Crippen LogP contribution in [0.4, 0.5) is 5.69 Å². The van der Waals surface area contributed by atoms with Gasteiger partial charge in [0, 0.05) is 24.2 Å². The van der Waals surface area contributed by atoms with Crippen LogP contribution < -0.4 is 15.4 Å². The zero-order valence-corrected chi connectivity index (χ0v) is 13.1. The van der Waals surface area contributed by atoms with Gasteiger partial charge in [0.2, 0.25) is 5.91 Å². The molecule has 0 radical (unpaired) electrons. The van der Waals surface area contributed by atoms with E-state index in [9.17, 15) is 4.79 Å². The molecule has 1 atom stereocenters. The molecule has 0 bridgehead atoms. The smallest absolute Gasteiger partial charge is 0.238 e. The van der Waals surface area contributed by atoms with Crippen LogP contribution in [-0.2, 0) is 9.53 Å². The Hall–Kier alpha value is -1.30. The molecule has 1 aliphatic heterocycles. The monoisotopic (exact) mass is 312 g/mol.